The Morgan fingerprint density at radius 2 is 0.348 bits per heavy atom. The molecule has 15 nitrogen and oxygen atoms in total. The molecule has 0 aromatic carbocycles. The zero-order chi connectivity index (χ0) is 17.9. The second-order valence-electron chi connectivity index (χ2n) is 1.19. The molecule has 0 saturated heterocycles. The molecule has 0 spiro atoms. The van der Waals surface area contributed by atoms with Crippen LogP contribution in [-0.4, -0.2) is 72.7 Å². The summed E-state index contributed by atoms with van der Waals surface area (Å²) in [7, 11) is 0. The molecule has 0 aliphatic carbocycles. The van der Waals surface area contributed by atoms with Gasteiger partial charge in [-0.05, 0) is 0 Å². The van der Waals surface area contributed by atoms with Gasteiger partial charge < -0.3 is 0 Å². The molecule has 0 aliphatic heterocycles. The van der Waals surface area contributed by atoms with Gasteiger partial charge in [-0.1, -0.05) is 0 Å². The van der Waals surface area contributed by atoms with Gasteiger partial charge in [-0.15, -0.1) is 0 Å². The average molecular weight is 1180 g/mol. The van der Waals surface area contributed by atoms with Crippen molar-refractivity contribution >= 4 is 54.6 Å². The topological polar surface area (TPSA) is 272 Å². The fourth-order valence-corrected chi connectivity index (χ4v) is 0. The van der Waals surface area contributed by atoms with Gasteiger partial charge in [0.1, 0.15) is 0 Å². The van der Waals surface area contributed by atoms with Crippen molar-refractivity contribution in [3.63, 3.8) is 0 Å². The number of rotatable bonds is 0. The summed E-state index contributed by atoms with van der Waals surface area (Å²) < 4.78 is 123. The van der Waals surface area contributed by atoms with Crippen molar-refractivity contribution in [3.05, 3.63) is 0 Å². The van der Waals surface area contributed by atoms with E-state index in [9.17, 15) is 0 Å². The van der Waals surface area contributed by atoms with Crippen LogP contribution in [0.15, 0.2) is 0 Å². The molecule has 5 N–H and O–H groups in total. The van der Waals surface area contributed by atoms with Gasteiger partial charge in [0.15, 0.2) is 0 Å². The van der Waals surface area contributed by atoms with Crippen LogP contribution in [0.5, 0.6) is 0 Å². The van der Waals surface area contributed by atoms with Gasteiger partial charge in [0.25, 0.3) is 0 Å². The summed E-state index contributed by atoms with van der Waals surface area (Å²) in [6, 6.07) is 0. The summed E-state index contributed by atoms with van der Waals surface area (Å²) in [5.74, 6) is 0. The maximum atomic E-state index is 8.71. The summed E-state index contributed by atoms with van der Waals surface area (Å²) in [6.45, 7) is 0. The molecule has 23 heteroatoms. The van der Waals surface area contributed by atoms with Crippen LogP contribution in [0.25, 0.3) is 0 Å². The standard InChI is InChI=1S/Fe.5Nb.5H2O.10O.2Pb.4H/h;;;;;;5*1H2;;;;;;;;;;;;;;;;/q;5*+1;;;;;;;;;;;;;;;;;;;;;/p-5. The van der Waals surface area contributed by atoms with E-state index >= 15 is 0 Å². The Labute approximate surface area is 211 Å². The van der Waals surface area contributed by atoms with Crippen LogP contribution in [-0.2, 0) is 143 Å². The van der Waals surface area contributed by atoms with Crippen LogP contribution in [0.2, 0.25) is 0 Å². The van der Waals surface area contributed by atoms with Gasteiger partial charge >= 0.3 is 199 Å². The minimum atomic E-state index is -3.95. The maximum absolute atomic E-state index is 8.71. The molecule has 0 aromatic rings. The molecule has 0 fully saturated rings. The quantitative estimate of drug-likeness (QED) is 0.142. The van der Waals surface area contributed by atoms with E-state index in [1.807, 2.05) is 0 Å². The van der Waals surface area contributed by atoms with Crippen LogP contribution in [0.1, 0.15) is 0 Å². The van der Waals surface area contributed by atoms with Crippen LogP contribution in [0, 0.1) is 0 Å². The van der Waals surface area contributed by atoms with E-state index in [4.69, 9.17) is 50.6 Å². The third-order valence-electron chi connectivity index (χ3n) is 0. The third kappa shape index (κ3) is 986. The summed E-state index contributed by atoms with van der Waals surface area (Å²) in [5, 5.41) is 0. The first-order valence-corrected chi connectivity index (χ1v) is 16.7. The molecule has 0 saturated carbocycles. The van der Waals surface area contributed by atoms with Crippen LogP contribution in [0.4, 0.5) is 0 Å². The van der Waals surface area contributed by atoms with Crippen molar-refractivity contribution in [2.24, 2.45) is 0 Å². The predicted molar refractivity (Wildman–Crippen MR) is 35.0 cm³/mol. The third-order valence-corrected chi connectivity index (χ3v) is 0. The fourth-order valence-electron chi connectivity index (χ4n) is 0. The van der Waals surface area contributed by atoms with Gasteiger partial charge in [0.05, 0.1) is 0 Å². The van der Waals surface area contributed by atoms with Crippen molar-refractivity contribution in [1.29, 1.82) is 0 Å². The van der Waals surface area contributed by atoms with Crippen molar-refractivity contribution in [3.8, 4) is 0 Å². The first-order valence-electron chi connectivity index (χ1n) is 2.83. The molecule has 0 amide bonds. The SMILES string of the molecule is [Fe].[O]=[Nb](=[O])[OH].[O]=[Nb](=[O])[OH].[O]=[Nb](=[O])[OH].[O]=[Nb](=[O])[OH].[O]=[Nb](=[O])[OH].[PbH2].[PbH2]. The van der Waals surface area contributed by atoms with E-state index in [1.54, 1.807) is 0 Å². The van der Waals surface area contributed by atoms with Crippen molar-refractivity contribution < 1.29 is 162 Å². The zero-order valence-electron chi connectivity index (χ0n) is 10.3. The molecular weight excluding hydrogens is 1170 g/mol. The molecule has 0 aliphatic rings. The van der Waals surface area contributed by atoms with Crippen molar-refractivity contribution in [1.82, 2.24) is 0 Å². The van der Waals surface area contributed by atoms with E-state index in [-0.39, 0.29) is 71.7 Å². The Morgan fingerprint density at radius 3 is 0.348 bits per heavy atom. The molecule has 4 radical (unpaired) electrons. The summed E-state index contributed by atoms with van der Waals surface area (Å²) >= 11 is -19.8. The van der Waals surface area contributed by atoms with Crippen LogP contribution in [0.3, 0.4) is 0 Å². The Morgan fingerprint density at radius 1 is 0.348 bits per heavy atom. The van der Waals surface area contributed by atoms with E-state index < -0.39 is 93.9 Å². The van der Waals surface area contributed by atoms with E-state index in [0.717, 1.165) is 0 Å². The molecule has 0 atom stereocenters. The Kier molecular flexibility index (Phi) is 98.7. The Bertz CT molecular complexity index is 390. The van der Waals surface area contributed by atoms with Gasteiger partial charge in [0.2, 0.25) is 0 Å². The number of hydrogen-bond donors (Lipinski definition) is 5. The summed E-state index contributed by atoms with van der Waals surface area (Å²) in [6.07, 6.45) is 0. The second-order valence-corrected chi connectivity index (χ2v) is 7.04. The monoisotopic (exact) mass is 1190 g/mol. The molecule has 0 heterocycles. The van der Waals surface area contributed by atoms with Gasteiger partial charge in [-0.3, -0.25) is 0 Å². The predicted octanol–water partition coefficient (Wildman–Crippen LogP) is -5.82. The molecule has 0 aromatic heterocycles. The van der Waals surface area contributed by atoms with Crippen molar-refractivity contribution in [2.45, 2.75) is 0 Å². The van der Waals surface area contributed by atoms with Gasteiger partial charge in [-0.2, -0.15) is 0 Å². The molecule has 0 unspecified atom stereocenters. The normalized spacial score (nSPS) is 5.43. The molecular formula is H9FeNb5O15Pb2. The first-order chi connectivity index (χ1) is 8.66. The minimum absolute atomic E-state index is 0. The zero-order valence-corrected chi connectivity index (χ0v) is 33.4. The van der Waals surface area contributed by atoms with E-state index in [0.29, 0.717) is 0 Å². The molecule has 0 rings (SSSR count). The Balaban J connectivity index is -0.0000000197. The second kappa shape index (κ2) is 44.9. The van der Waals surface area contributed by atoms with E-state index in [1.165, 1.54) is 0 Å². The summed E-state index contributed by atoms with van der Waals surface area (Å²) in [4.78, 5) is 0. The van der Waals surface area contributed by atoms with Crippen LogP contribution >= 0.6 is 0 Å². The van der Waals surface area contributed by atoms with Crippen molar-refractivity contribution in [2.75, 3.05) is 0 Å². The summed E-state index contributed by atoms with van der Waals surface area (Å²) in [5.41, 5.74) is 0. The number of hydrogen-bond acceptors (Lipinski definition) is 10. The Hall–Kier alpha value is 3.86. The first kappa shape index (κ1) is 50.5. The molecule has 0 bridgehead atoms. The molecule has 23 heavy (non-hydrogen) atoms. The van der Waals surface area contributed by atoms with Crippen LogP contribution < -0.4 is 0 Å². The van der Waals surface area contributed by atoms with Gasteiger partial charge in [-0.25, -0.2) is 0 Å². The van der Waals surface area contributed by atoms with E-state index in [2.05, 4.69) is 0 Å². The molecule has 140 valence electrons. The average Bonchev–Trinajstić information content (AvgIpc) is 1.94. The fraction of sp³-hybridized carbons (Fsp3) is 0. The van der Waals surface area contributed by atoms with Gasteiger partial charge in [0, 0.05) is 17.1 Å².